The predicted molar refractivity (Wildman–Crippen MR) is 118 cm³/mol. The minimum Gasteiger partial charge on any atom is -0.357 e. The molecule has 1 saturated heterocycles. The van der Waals surface area contributed by atoms with Crippen LogP contribution in [0.4, 0.5) is 11.8 Å². The molecular weight excluding hydrogens is 376 g/mol. The highest BCUT2D eigenvalue weighted by atomic mass is 16.2. The first-order chi connectivity index (χ1) is 14.6. The predicted octanol–water partition coefficient (Wildman–Crippen LogP) is 3.17. The van der Waals surface area contributed by atoms with Gasteiger partial charge in [0.1, 0.15) is 11.5 Å². The molecule has 0 bridgehead atoms. The van der Waals surface area contributed by atoms with Crippen LogP contribution >= 0.6 is 0 Å². The van der Waals surface area contributed by atoms with Crippen LogP contribution in [0.2, 0.25) is 0 Å². The molecule has 2 aliphatic rings. The quantitative estimate of drug-likeness (QED) is 0.725. The van der Waals surface area contributed by atoms with Gasteiger partial charge in [0.2, 0.25) is 5.95 Å². The summed E-state index contributed by atoms with van der Waals surface area (Å²) in [6.07, 6.45) is 2.88. The SMILES string of the molecule is CNc1nc2c(c(C(=O)N3CCCC3)n1)CN(c1cc(C)c3ccccc3n1)CC2. The van der Waals surface area contributed by atoms with Crippen LogP contribution in [0, 0.1) is 6.92 Å². The van der Waals surface area contributed by atoms with Crippen molar-refractivity contribution < 1.29 is 4.79 Å². The van der Waals surface area contributed by atoms with E-state index < -0.39 is 0 Å². The molecule has 1 N–H and O–H groups in total. The van der Waals surface area contributed by atoms with E-state index in [2.05, 4.69) is 39.2 Å². The number of nitrogens with zero attached hydrogens (tertiary/aromatic N) is 5. The van der Waals surface area contributed by atoms with Crippen molar-refractivity contribution in [2.24, 2.45) is 0 Å². The Morgan fingerprint density at radius 3 is 2.67 bits per heavy atom. The molecule has 4 heterocycles. The lowest BCUT2D eigenvalue weighted by Crippen LogP contribution is -2.36. The standard InChI is InChI=1S/C23H26N6O/c1-15-13-20(25-18-8-4-3-7-16(15)18)29-12-9-19-17(14-29)21(27-23(24-2)26-19)22(30)28-10-5-6-11-28/h3-4,7-8,13H,5-6,9-12,14H2,1-2H3,(H,24,26,27). The first-order valence-electron chi connectivity index (χ1n) is 10.6. The largest absolute Gasteiger partial charge is 0.357 e. The number of fused-ring (bicyclic) bond motifs is 2. The summed E-state index contributed by atoms with van der Waals surface area (Å²) in [5.41, 5.74) is 4.63. The van der Waals surface area contributed by atoms with Crippen molar-refractivity contribution in [2.75, 3.05) is 36.9 Å². The minimum absolute atomic E-state index is 0.0205. The van der Waals surface area contributed by atoms with Gasteiger partial charge in [0.15, 0.2) is 0 Å². The number of carbonyl (C=O) groups excluding carboxylic acids is 1. The van der Waals surface area contributed by atoms with Crippen molar-refractivity contribution in [2.45, 2.75) is 32.7 Å². The molecule has 3 aromatic rings. The molecule has 1 fully saturated rings. The van der Waals surface area contributed by atoms with Gasteiger partial charge < -0.3 is 15.1 Å². The van der Waals surface area contributed by atoms with Crippen molar-refractivity contribution in [3.05, 3.63) is 52.8 Å². The van der Waals surface area contributed by atoms with Gasteiger partial charge in [0.05, 0.1) is 11.2 Å². The highest BCUT2D eigenvalue weighted by molar-refractivity contribution is 5.94. The number of aromatic nitrogens is 3. The highest BCUT2D eigenvalue weighted by Crippen LogP contribution is 2.29. The Bertz CT molecular complexity index is 1120. The summed E-state index contributed by atoms with van der Waals surface area (Å²) in [4.78, 5) is 31.5. The first-order valence-corrected chi connectivity index (χ1v) is 10.6. The lowest BCUT2D eigenvalue weighted by molar-refractivity contribution is 0.0785. The molecule has 154 valence electrons. The van der Waals surface area contributed by atoms with Gasteiger partial charge in [-0.25, -0.2) is 15.0 Å². The maximum atomic E-state index is 13.2. The van der Waals surface area contributed by atoms with Gasteiger partial charge in [-0.1, -0.05) is 18.2 Å². The molecule has 0 unspecified atom stereocenters. The third-order valence-corrected chi connectivity index (χ3v) is 6.11. The fourth-order valence-electron chi connectivity index (χ4n) is 4.46. The number of pyridine rings is 1. The van der Waals surface area contributed by atoms with E-state index >= 15 is 0 Å². The zero-order valence-electron chi connectivity index (χ0n) is 17.5. The van der Waals surface area contributed by atoms with Crippen LogP contribution in [0.1, 0.15) is 40.2 Å². The third-order valence-electron chi connectivity index (χ3n) is 6.11. The maximum absolute atomic E-state index is 13.2. The number of carbonyl (C=O) groups is 1. The molecule has 1 aromatic carbocycles. The number of para-hydroxylation sites is 1. The summed E-state index contributed by atoms with van der Waals surface area (Å²) in [6, 6.07) is 10.4. The normalized spacial score (nSPS) is 16.1. The minimum atomic E-state index is 0.0205. The van der Waals surface area contributed by atoms with Crippen molar-refractivity contribution in [3.8, 4) is 0 Å². The molecule has 2 aliphatic heterocycles. The fourth-order valence-corrected chi connectivity index (χ4v) is 4.46. The molecule has 7 heteroatoms. The van der Waals surface area contributed by atoms with Crippen LogP contribution in [0.5, 0.6) is 0 Å². The summed E-state index contributed by atoms with van der Waals surface area (Å²) >= 11 is 0. The molecule has 0 saturated carbocycles. The number of hydrogen-bond donors (Lipinski definition) is 1. The number of nitrogens with one attached hydrogen (secondary N) is 1. The van der Waals surface area contributed by atoms with E-state index in [9.17, 15) is 4.79 Å². The molecule has 5 rings (SSSR count). The van der Waals surface area contributed by atoms with E-state index in [-0.39, 0.29) is 5.91 Å². The summed E-state index contributed by atoms with van der Waals surface area (Å²) in [5.74, 6) is 1.48. The first kappa shape index (κ1) is 18.8. The molecular formula is C23H26N6O. The lowest BCUT2D eigenvalue weighted by Gasteiger charge is -2.31. The smallest absolute Gasteiger partial charge is 0.273 e. The molecule has 30 heavy (non-hydrogen) atoms. The Morgan fingerprint density at radius 2 is 1.87 bits per heavy atom. The van der Waals surface area contributed by atoms with Gasteiger partial charge in [-0.2, -0.15) is 0 Å². The van der Waals surface area contributed by atoms with Crippen LogP contribution in [-0.4, -0.2) is 52.4 Å². The number of rotatable bonds is 3. The van der Waals surface area contributed by atoms with Crippen molar-refractivity contribution >= 4 is 28.6 Å². The van der Waals surface area contributed by atoms with Crippen LogP contribution in [0.25, 0.3) is 10.9 Å². The van der Waals surface area contributed by atoms with Gasteiger partial charge in [-0.15, -0.1) is 0 Å². The summed E-state index contributed by atoms with van der Waals surface area (Å²) in [7, 11) is 1.79. The van der Waals surface area contributed by atoms with Crippen LogP contribution in [0.3, 0.4) is 0 Å². The van der Waals surface area contributed by atoms with Gasteiger partial charge in [0, 0.05) is 50.6 Å². The van der Waals surface area contributed by atoms with Gasteiger partial charge in [-0.3, -0.25) is 4.79 Å². The van der Waals surface area contributed by atoms with E-state index in [4.69, 9.17) is 4.98 Å². The average molecular weight is 403 g/mol. The topological polar surface area (TPSA) is 74.2 Å². The average Bonchev–Trinajstić information content (AvgIpc) is 3.32. The summed E-state index contributed by atoms with van der Waals surface area (Å²) in [6.45, 7) is 5.15. The molecule has 0 radical (unpaired) electrons. The van der Waals surface area contributed by atoms with Crippen molar-refractivity contribution in [1.29, 1.82) is 0 Å². The molecule has 2 aromatic heterocycles. The number of amides is 1. The highest BCUT2D eigenvalue weighted by Gasteiger charge is 2.30. The zero-order chi connectivity index (χ0) is 20.7. The summed E-state index contributed by atoms with van der Waals surface area (Å²) in [5, 5.41) is 4.19. The van der Waals surface area contributed by atoms with Crippen LogP contribution in [0.15, 0.2) is 30.3 Å². The molecule has 0 atom stereocenters. The fraction of sp³-hybridized carbons (Fsp3) is 0.391. The van der Waals surface area contributed by atoms with E-state index in [1.807, 2.05) is 23.1 Å². The van der Waals surface area contributed by atoms with E-state index in [0.29, 0.717) is 18.2 Å². The van der Waals surface area contributed by atoms with Gasteiger partial charge in [0.25, 0.3) is 5.91 Å². The second-order valence-electron chi connectivity index (χ2n) is 8.06. The molecule has 7 nitrogen and oxygen atoms in total. The Hall–Kier alpha value is -3.22. The van der Waals surface area contributed by atoms with Gasteiger partial charge >= 0.3 is 0 Å². The molecule has 0 aliphatic carbocycles. The number of aryl methyl sites for hydroxylation is 1. The second-order valence-corrected chi connectivity index (χ2v) is 8.06. The number of anilines is 2. The van der Waals surface area contributed by atoms with E-state index in [0.717, 1.165) is 61.5 Å². The second kappa shape index (κ2) is 7.55. The molecule has 1 amide bonds. The van der Waals surface area contributed by atoms with Crippen LogP contribution < -0.4 is 10.2 Å². The zero-order valence-corrected chi connectivity index (χ0v) is 17.5. The number of likely N-dealkylation sites (tertiary alicyclic amines) is 1. The Labute approximate surface area is 176 Å². The summed E-state index contributed by atoms with van der Waals surface area (Å²) < 4.78 is 0. The lowest BCUT2D eigenvalue weighted by atomic mass is 10.0. The Balaban J connectivity index is 1.53. The number of hydrogen-bond acceptors (Lipinski definition) is 6. The monoisotopic (exact) mass is 402 g/mol. The van der Waals surface area contributed by atoms with Crippen molar-refractivity contribution in [3.63, 3.8) is 0 Å². The third kappa shape index (κ3) is 3.24. The van der Waals surface area contributed by atoms with E-state index in [1.54, 1.807) is 7.05 Å². The van der Waals surface area contributed by atoms with Crippen molar-refractivity contribution in [1.82, 2.24) is 19.9 Å². The maximum Gasteiger partial charge on any atom is 0.273 e. The number of benzene rings is 1. The Morgan fingerprint density at radius 1 is 1.07 bits per heavy atom. The Kier molecular flexibility index (Phi) is 4.73. The molecule has 0 spiro atoms. The van der Waals surface area contributed by atoms with Crippen LogP contribution in [-0.2, 0) is 13.0 Å². The van der Waals surface area contributed by atoms with Gasteiger partial charge in [-0.05, 0) is 37.5 Å². The van der Waals surface area contributed by atoms with E-state index in [1.165, 1.54) is 10.9 Å².